The molecule has 0 aliphatic carbocycles. The van der Waals surface area contributed by atoms with Crippen LogP contribution in [0.25, 0.3) is 0 Å². The number of benzene rings is 1. The molecule has 0 atom stereocenters. The lowest BCUT2D eigenvalue weighted by atomic mass is 10.2. The van der Waals surface area contributed by atoms with Gasteiger partial charge >= 0.3 is 0 Å². The van der Waals surface area contributed by atoms with Gasteiger partial charge < -0.3 is 14.9 Å². The lowest BCUT2D eigenvalue weighted by Gasteiger charge is -2.11. The molecule has 0 fully saturated rings. The number of hydrogen-bond acceptors (Lipinski definition) is 6. The van der Waals surface area contributed by atoms with E-state index in [1.807, 2.05) is 18.2 Å². The molecule has 6 nitrogen and oxygen atoms in total. The Bertz CT molecular complexity index is 565. The van der Waals surface area contributed by atoms with E-state index >= 15 is 0 Å². The molecule has 1 heterocycles. The molecule has 100 valence electrons. The second-order valence-corrected chi connectivity index (χ2v) is 4.06. The maximum absolute atomic E-state index is 5.90. The number of rotatable bonds is 5. The van der Waals surface area contributed by atoms with Gasteiger partial charge in [-0.25, -0.2) is 10.8 Å². The van der Waals surface area contributed by atoms with Gasteiger partial charge in [-0.2, -0.15) is 4.98 Å². The Kier molecular flexibility index (Phi) is 4.38. The molecule has 7 heteroatoms. The van der Waals surface area contributed by atoms with E-state index in [-0.39, 0.29) is 0 Å². The molecular formula is C12H13ClN4O2. The van der Waals surface area contributed by atoms with Gasteiger partial charge in [0.25, 0.3) is 5.88 Å². The molecule has 0 radical (unpaired) electrons. The van der Waals surface area contributed by atoms with Gasteiger partial charge in [0.15, 0.2) is 5.82 Å². The molecule has 0 bridgehead atoms. The van der Waals surface area contributed by atoms with Crippen LogP contribution < -0.4 is 20.7 Å². The van der Waals surface area contributed by atoms with Crippen molar-refractivity contribution in [2.24, 2.45) is 5.84 Å². The average Bonchev–Trinajstić information content (AvgIpc) is 2.44. The van der Waals surface area contributed by atoms with Crippen molar-refractivity contribution in [3.8, 4) is 11.6 Å². The largest absolute Gasteiger partial charge is 0.489 e. The van der Waals surface area contributed by atoms with Crippen LogP contribution in [-0.4, -0.2) is 17.1 Å². The third-order valence-corrected chi connectivity index (χ3v) is 2.61. The zero-order valence-corrected chi connectivity index (χ0v) is 11.0. The predicted molar refractivity (Wildman–Crippen MR) is 72.2 cm³/mol. The van der Waals surface area contributed by atoms with Crippen LogP contribution in [0.1, 0.15) is 5.56 Å². The quantitative estimate of drug-likeness (QED) is 0.644. The standard InChI is InChI=1S/C12H13ClN4O2/c1-18-10-11(17-14)15-7-16-12(10)19-6-8-3-2-4-9(13)5-8/h2-5,7H,6,14H2,1H3,(H,15,16,17). The van der Waals surface area contributed by atoms with Crippen LogP contribution in [0.4, 0.5) is 5.82 Å². The molecule has 2 rings (SSSR count). The number of halogens is 1. The number of ether oxygens (including phenoxy) is 2. The molecule has 0 aliphatic rings. The van der Waals surface area contributed by atoms with Crippen LogP contribution in [0, 0.1) is 0 Å². The minimum absolute atomic E-state index is 0.311. The number of nitrogens with two attached hydrogens (primary N) is 1. The first kappa shape index (κ1) is 13.4. The number of anilines is 1. The smallest absolute Gasteiger partial charge is 0.262 e. The Hall–Kier alpha value is -2.05. The lowest BCUT2D eigenvalue weighted by molar-refractivity contribution is 0.272. The molecule has 3 N–H and O–H groups in total. The van der Waals surface area contributed by atoms with Crippen molar-refractivity contribution in [3.05, 3.63) is 41.2 Å². The number of hydrazine groups is 1. The Morgan fingerprint density at radius 1 is 1.37 bits per heavy atom. The van der Waals surface area contributed by atoms with Crippen molar-refractivity contribution < 1.29 is 9.47 Å². The highest BCUT2D eigenvalue weighted by molar-refractivity contribution is 6.30. The number of nitrogens with zero attached hydrogens (tertiary/aromatic N) is 2. The van der Waals surface area contributed by atoms with Gasteiger partial charge in [0.05, 0.1) is 7.11 Å². The average molecular weight is 281 g/mol. The molecule has 1 aromatic heterocycles. The highest BCUT2D eigenvalue weighted by Crippen LogP contribution is 2.30. The van der Waals surface area contributed by atoms with E-state index in [0.29, 0.717) is 29.1 Å². The van der Waals surface area contributed by atoms with E-state index in [1.54, 1.807) is 6.07 Å². The maximum Gasteiger partial charge on any atom is 0.262 e. The Labute approximate surface area is 115 Å². The summed E-state index contributed by atoms with van der Waals surface area (Å²) in [4.78, 5) is 7.93. The summed E-state index contributed by atoms with van der Waals surface area (Å²) in [6.45, 7) is 0.317. The topological polar surface area (TPSA) is 82.3 Å². The van der Waals surface area contributed by atoms with Crippen molar-refractivity contribution in [1.82, 2.24) is 9.97 Å². The van der Waals surface area contributed by atoms with E-state index < -0.39 is 0 Å². The van der Waals surface area contributed by atoms with Crippen LogP contribution >= 0.6 is 11.6 Å². The summed E-state index contributed by atoms with van der Waals surface area (Å²) in [7, 11) is 1.49. The van der Waals surface area contributed by atoms with Crippen molar-refractivity contribution in [1.29, 1.82) is 0 Å². The Morgan fingerprint density at radius 3 is 2.89 bits per heavy atom. The molecule has 0 aliphatic heterocycles. The van der Waals surface area contributed by atoms with E-state index in [0.717, 1.165) is 5.56 Å². The van der Waals surface area contributed by atoms with Gasteiger partial charge in [-0.15, -0.1) is 0 Å². The summed E-state index contributed by atoms with van der Waals surface area (Å²) >= 11 is 5.90. The van der Waals surface area contributed by atoms with Crippen molar-refractivity contribution in [2.75, 3.05) is 12.5 Å². The second-order valence-electron chi connectivity index (χ2n) is 3.62. The summed E-state index contributed by atoms with van der Waals surface area (Å²) < 4.78 is 10.7. The first-order valence-corrected chi connectivity index (χ1v) is 5.85. The number of hydrogen-bond donors (Lipinski definition) is 2. The van der Waals surface area contributed by atoms with Gasteiger partial charge in [-0.1, -0.05) is 23.7 Å². The van der Waals surface area contributed by atoms with Gasteiger partial charge in [0.2, 0.25) is 5.75 Å². The van der Waals surface area contributed by atoms with Gasteiger partial charge in [0, 0.05) is 5.02 Å². The third kappa shape index (κ3) is 3.24. The first-order chi connectivity index (χ1) is 9.24. The minimum atomic E-state index is 0.311. The van der Waals surface area contributed by atoms with Crippen LogP contribution in [0.2, 0.25) is 5.02 Å². The van der Waals surface area contributed by atoms with E-state index in [9.17, 15) is 0 Å². The molecule has 0 saturated carbocycles. The molecule has 0 unspecified atom stereocenters. The molecule has 2 aromatic rings. The number of methoxy groups -OCH3 is 1. The monoisotopic (exact) mass is 280 g/mol. The molecule has 1 aromatic carbocycles. The summed E-state index contributed by atoms with van der Waals surface area (Å²) in [6, 6.07) is 7.37. The summed E-state index contributed by atoms with van der Waals surface area (Å²) in [5, 5.41) is 0.653. The van der Waals surface area contributed by atoms with Crippen molar-refractivity contribution in [3.63, 3.8) is 0 Å². The van der Waals surface area contributed by atoms with Gasteiger partial charge in [-0.05, 0) is 17.7 Å². The predicted octanol–water partition coefficient (Wildman–Crippen LogP) is 2.00. The molecule has 0 amide bonds. The summed E-state index contributed by atoms with van der Waals surface area (Å²) in [5.74, 6) is 6.35. The van der Waals surface area contributed by atoms with E-state index in [2.05, 4.69) is 15.4 Å². The Morgan fingerprint density at radius 2 is 2.21 bits per heavy atom. The summed E-state index contributed by atoms with van der Waals surface area (Å²) in [5.41, 5.74) is 3.34. The van der Waals surface area contributed by atoms with Crippen LogP contribution in [0.15, 0.2) is 30.6 Å². The fourth-order valence-corrected chi connectivity index (χ4v) is 1.74. The molecular weight excluding hydrogens is 268 g/mol. The maximum atomic E-state index is 5.90. The SMILES string of the molecule is COc1c(NN)ncnc1OCc1cccc(Cl)c1. The number of aromatic nitrogens is 2. The summed E-state index contributed by atoms with van der Waals surface area (Å²) in [6.07, 6.45) is 1.34. The highest BCUT2D eigenvalue weighted by atomic mass is 35.5. The first-order valence-electron chi connectivity index (χ1n) is 5.47. The highest BCUT2D eigenvalue weighted by Gasteiger charge is 2.12. The van der Waals surface area contributed by atoms with E-state index in [1.165, 1.54) is 13.4 Å². The fraction of sp³-hybridized carbons (Fsp3) is 0.167. The third-order valence-electron chi connectivity index (χ3n) is 2.38. The van der Waals surface area contributed by atoms with Gasteiger partial charge in [-0.3, -0.25) is 0 Å². The zero-order chi connectivity index (χ0) is 13.7. The second kappa shape index (κ2) is 6.21. The molecule has 0 saturated heterocycles. The molecule has 0 spiro atoms. The lowest BCUT2D eigenvalue weighted by Crippen LogP contribution is -2.11. The fourth-order valence-electron chi connectivity index (χ4n) is 1.53. The van der Waals surface area contributed by atoms with Crippen molar-refractivity contribution in [2.45, 2.75) is 6.61 Å². The van der Waals surface area contributed by atoms with Crippen LogP contribution in [0.5, 0.6) is 11.6 Å². The number of nitrogens with one attached hydrogen (secondary N) is 1. The number of nitrogen functional groups attached to an aromatic ring is 1. The zero-order valence-electron chi connectivity index (χ0n) is 10.3. The van der Waals surface area contributed by atoms with Crippen molar-refractivity contribution >= 4 is 17.4 Å². The van der Waals surface area contributed by atoms with Gasteiger partial charge in [0.1, 0.15) is 12.9 Å². The Balaban J connectivity index is 2.15. The van der Waals surface area contributed by atoms with Crippen LogP contribution in [-0.2, 0) is 6.61 Å². The van der Waals surface area contributed by atoms with Crippen LogP contribution in [0.3, 0.4) is 0 Å². The minimum Gasteiger partial charge on any atom is -0.489 e. The van der Waals surface area contributed by atoms with E-state index in [4.69, 9.17) is 26.9 Å². The normalized spacial score (nSPS) is 10.1. The molecule has 19 heavy (non-hydrogen) atoms.